The number of nitrogens with zero attached hydrogens (tertiary/aromatic N) is 1. The molecule has 5 nitrogen and oxygen atoms in total. The number of rotatable bonds is 9. The Kier molecular flexibility index (Phi) is 8.18. The summed E-state index contributed by atoms with van der Waals surface area (Å²) in [5, 5.41) is 2.75. The Balaban J connectivity index is 4.19. The van der Waals surface area contributed by atoms with Crippen molar-refractivity contribution in [3.63, 3.8) is 0 Å². The number of sulfonamides is 1. The summed E-state index contributed by atoms with van der Waals surface area (Å²) in [4.78, 5) is 11.6. The van der Waals surface area contributed by atoms with E-state index in [1.54, 1.807) is 0 Å². The van der Waals surface area contributed by atoms with Crippen LogP contribution in [0.15, 0.2) is 0 Å². The maximum absolute atomic E-state index is 11.6. The number of hydrogen-bond acceptors (Lipinski definition) is 3. The van der Waals surface area contributed by atoms with Crippen molar-refractivity contribution in [2.24, 2.45) is 5.92 Å². The second-order valence-electron chi connectivity index (χ2n) is 4.98. The van der Waals surface area contributed by atoms with Crippen molar-refractivity contribution in [3.05, 3.63) is 0 Å². The van der Waals surface area contributed by atoms with E-state index >= 15 is 0 Å². The number of carbonyl (C=O) groups is 1. The summed E-state index contributed by atoms with van der Waals surface area (Å²) in [5.41, 5.74) is 0. The highest BCUT2D eigenvalue weighted by atomic mass is 32.2. The predicted octanol–water partition coefficient (Wildman–Crippen LogP) is 1.21. The van der Waals surface area contributed by atoms with E-state index in [1.807, 2.05) is 6.92 Å². The van der Waals surface area contributed by atoms with Crippen molar-refractivity contribution in [2.75, 3.05) is 25.9 Å². The largest absolute Gasteiger partial charge is 0.355 e. The van der Waals surface area contributed by atoms with E-state index in [1.165, 1.54) is 4.31 Å². The van der Waals surface area contributed by atoms with Crippen molar-refractivity contribution in [3.8, 4) is 0 Å². The lowest BCUT2D eigenvalue weighted by Gasteiger charge is -2.19. The van der Waals surface area contributed by atoms with Gasteiger partial charge in [0.15, 0.2) is 0 Å². The molecule has 0 aromatic carbocycles. The second kappa shape index (κ2) is 8.48. The van der Waals surface area contributed by atoms with Crippen LogP contribution in [-0.4, -0.2) is 44.5 Å². The number of unbranched alkanes of at least 4 members (excludes halogenated alkanes) is 1. The molecule has 0 saturated heterocycles. The van der Waals surface area contributed by atoms with Crippen LogP contribution in [0.4, 0.5) is 0 Å². The van der Waals surface area contributed by atoms with Crippen molar-refractivity contribution < 1.29 is 13.2 Å². The van der Waals surface area contributed by atoms with E-state index < -0.39 is 10.0 Å². The van der Waals surface area contributed by atoms with Crippen LogP contribution in [-0.2, 0) is 14.8 Å². The van der Waals surface area contributed by atoms with E-state index in [9.17, 15) is 13.2 Å². The van der Waals surface area contributed by atoms with Crippen molar-refractivity contribution in [2.45, 2.75) is 40.0 Å². The Morgan fingerprint density at radius 2 is 1.94 bits per heavy atom. The monoisotopic (exact) mass is 278 g/mol. The van der Waals surface area contributed by atoms with Crippen molar-refractivity contribution >= 4 is 15.9 Å². The third-order valence-electron chi connectivity index (χ3n) is 2.59. The number of amides is 1. The first kappa shape index (κ1) is 17.4. The maximum Gasteiger partial charge on any atom is 0.235 e. The fourth-order valence-corrected chi connectivity index (χ4v) is 2.23. The van der Waals surface area contributed by atoms with Gasteiger partial charge in [0.1, 0.15) is 0 Å². The van der Waals surface area contributed by atoms with Gasteiger partial charge in [-0.3, -0.25) is 4.79 Å². The molecule has 1 amide bonds. The van der Waals surface area contributed by atoms with Crippen LogP contribution in [0.1, 0.15) is 40.0 Å². The lowest BCUT2D eigenvalue weighted by atomic mass is 10.1. The van der Waals surface area contributed by atoms with Crippen LogP contribution in [0.2, 0.25) is 0 Å². The molecule has 0 aromatic heterocycles. The standard InChI is InChI=1S/C12H26N2O3S/c1-5-6-9-14(18(4,16)17)10-12(15)13-8-7-11(2)3/h11H,5-10H2,1-4H3,(H,13,15). The molecule has 0 aliphatic heterocycles. The molecule has 6 heteroatoms. The van der Waals surface area contributed by atoms with Gasteiger partial charge in [0.2, 0.25) is 15.9 Å². The number of carbonyl (C=O) groups excluding carboxylic acids is 1. The molecule has 0 aliphatic rings. The first-order chi connectivity index (χ1) is 8.27. The Hall–Kier alpha value is -0.620. The molecular weight excluding hydrogens is 252 g/mol. The molecule has 0 unspecified atom stereocenters. The van der Waals surface area contributed by atoms with Crippen LogP contribution in [0.3, 0.4) is 0 Å². The molecule has 0 saturated carbocycles. The van der Waals surface area contributed by atoms with Crippen LogP contribution in [0.5, 0.6) is 0 Å². The number of nitrogens with one attached hydrogen (secondary N) is 1. The lowest BCUT2D eigenvalue weighted by molar-refractivity contribution is -0.121. The summed E-state index contributed by atoms with van der Waals surface area (Å²) in [6, 6.07) is 0. The number of hydrogen-bond donors (Lipinski definition) is 1. The quantitative estimate of drug-likeness (QED) is 0.689. The third kappa shape index (κ3) is 8.47. The molecule has 0 aliphatic carbocycles. The van der Waals surface area contributed by atoms with Gasteiger partial charge >= 0.3 is 0 Å². The molecule has 1 N–H and O–H groups in total. The zero-order valence-electron chi connectivity index (χ0n) is 11.9. The molecule has 0 fully saturated rings. The third-order valence-corrected chi connectivity index (χ3v) is 3.84. The summed E-state index contributed by atoms with van der Waals surface area (Å²) in [6.07, 6.45) is 3.72. The smallest absolute Gasteiger partial charge is 0.235 e. The van der Waals surface area contributed by atoms with Crippen LogP contribution in [0.25, 0.3) is 0 Å². The molecule has 0 bridgehead atoms. The molecule has 0 atom stereocenters. The van der Waals surface area contributed by atoms with Crippen molar-refractivity contribution in [1.82, 2.24) is 9.62 Å². The van der Waals surface area contributed by atoms with Gasteiger partial charge in [-0.05, 0) is 18.8 Å². The normalized spacial score (nSPS) is 12.1. The van der Waals surface area contributed by atoms with Crippen LogP contribution < -0.4 is 5.32 Å². The fraction of sp³-hybridized carbons (Fsp3) is 0.917. The Labute approximate surface area is 111 Å². The average molecular weight is 278 g/mol. The molecule has 0 heterocycles. The van der Waals surface area contributed by atoms with E-state index in [2.05, 4.69) is 19.2 Å². The highest BCUT2D eigenvalue weighted by Crippen LogP contribution is 2.01. The minimum absolute atomic E-state index is 0.0725. The average Bonchev–Trinajstić information content (AvgIpc) is 2.22. The van der Waals surface area contributed by atoms with E-state index in [-0.39, 0.29) is 12.5 Å². The predicted molar refractivity (Wildman–Crippen MR) is 73.8 cm³/mol. The topological polar surface area (TPSA) is 66.5 Å². The van der Waals surface area contributed by atoms with Gasteiger partial charge in [-0.25, -0.2) is 8.42 Å². The Morgan fingerprint density at radius 3 is 2.39 bits per heavy atom. The minimum atomic E-state index is -3.30. The van der Waals surface area contributed by atoms with Gasteiger partial charge in [0, 0.05) is 13.1 Å². The molecule has 18 heavy (non-hydrogen) atoms. The summed E-state index contributed by atoms with van der Waals surface area (Å²) >= 11 is 0. The Bertz CT molecular complexity index is 339. The van der Waals surface area contributed by atoms with Gasteiger partial charge in [0.25, 0.3) is 0 Å². The SMILES string of the molecule is CCCCN(CC(=O)NCCC(C)C)S(C)(=O)=O. The summed E-state index contributed by atoms with van der Waals surface area (Å²) in [6.45, 7) is 7.08. The fourth-order valence-electron chi connectivity index (χ4n) is 1.41. The first-order valence-corrected chi connectivity index (χ1v) is 8.34. The molecular formula is C12H26N2O3S. The maximum atomic E-state index is 11.6. The Morgan fingerprint density at radius 1 is 1.33 bits per heavy atom. The molecule has 0 spiro atoms. The molecule has 0 radical (unpaired) electrons. The molecule has 0 aromatic rings. The summed E-state index contributed by atoms with van der Waals surface area (Å²) in [5.74, 6) is 0.300. The summed E-state index contributed by atoms with van der Waals surface area (Å²) in [7, 11) is -3.30. The van der Waals surface area contributed by atoms with Gasteiger partial charge < -0.3 is 5.32 Å². The highest BCUT2D eigenvalue weighted by molar-refractivity contribution is 7.88. The van der Waals surface area contributed by atoms with Crippen LogP contribution in [0, 0.1) is 5.92 Å². The lowest BCUT2D eigenvalue weighted by Crippen LogP contribution is -2.41. The minimum Gasteiger partial charge on any atom is -0.355 e. The van der Waals surface area contributed by atoms with E-state index in [4.69, 9.17) is 0 Å². The van der Waals surface area contributed by atoms with Crippen LogP contribution >= 0.6 is 0 Å². The van der Waals surface area contributed by atoms with Gasteiger partial charge in [0.05, 0.1) is 12.8 Å². The second-order valence-corrected chi connectivity index (χ2v) is 6.97. The molecule has 0 rings (SSSR count). The van der Waals surface area contributed by atoms with E-state index in [0.717, 1.165) is 25.5 Å². The van der Waals surface area contributed by atoms with Crippen molar-refractivity contribution in [1.29, 1.82) is 0 Å². The highest BCUT2D eigenvalue weighted by Gasteiger charge is 2.19. The first-order valence-electron chi connectivity index (χ1n) is 6.49. The zero-order valence-corrected chi connectivity index (χ0v) is 12.7. The van der Waals surface area contributed by atoms with E-state index in [0.29, 0.717) is 19.0 Å². The summed E-state index contributed by atoms with van der Waals surface area (Å²) < 4.78 is 24.2. The molecule has 108 valence electrons. The van der Waals surface area contributed by atoms with Gasteiger partial charge in [-0.15, -0.1) is 0 Å². The van der Waals surface area contributed by atoms with Gasteiger partial charge in [-0.2, -0.15) is 4.31 Å². The zero-order chi connectivity index (χ0) is 14.2. The van der Waals surface area contributed by atoms with Gasteiger partial charge in [-0.1, -0.05) is 27.2 Å².